The fourth-order valence-electron chi connectivity index (χ4n) is 3.06. The van der Waals surface area contributed by atoms with Gasteiger partial charge in [-0.1, -0.05) is 31.2 Å². The maximum Gasteiger partial charge on any atom is 0.311 e. The third-order valence-corrected chi connectivity index (χ3v) is 4.75. The summed E-state index contributed by atoms with van der Waals surface area (Å²) in [6.07, 6.45) is 0.231. The number of nitrogens with one attached hydrogen (secondary N) is 1. The standard InChI is InChI=1S/C25H21N3O5/c1-3-22(29)32-20-13-12-17(15-21(20)31-2)23(30)26-19-11-7-10-18(14-19)25-28-27-24(33-25)16-8-5-4-6-9-16/h4-15H,3H2,1-2H3,(H,26,30). The predicted molar refractivity (Wildman–Crippen MR) is 122 cm³/mol. The fraction of sp³-hybridized carbons (Fsp3) is 0.120. The molecule has 0 saturated heterocycles. The minimum absolute atomic E-state index is 0.231. The highest BCUT2D eigenvalue weighted by atomic mass is 16.6. The van der Waals surface area contributed by atoms with Crippen molar-refractivity contribution >= 4 is 17.6 Å². The summed E-state index contributed by atoms with van der Waals surface area (Å²) in [6.45, 7) is 1.70. The largest absolute Gasteiger partial charge is 0.493 e. The summed E-state index contributed by atoms with van der Waals surface area (Å²) in [4.78, 5) is 24.3. The van der Waals surface area contributed by atoms with Crippen molar-refractivity contribution in [1.82, 2.24) is 10.2 Å². The van der Waals surface area contributed by atoms with Crippen molar-refractivity contribution in [3.05, 3.63) is 78.4 Å². The topological polar surface area (TPSA) is 104 Å². The first kappa shape index (κ1) is 21.8. The van der Waals surface area contributed by atoms with Crippen molar-refractivity contribution in [1.29, 1.82) is 0 Å². The molecule has 0 spiro atoms. The molecule has 0 aliphatic rings. The number of carbonyl (C=O) groups excluding carboxylic acids is 2. The lowest BCUT2D eigenvalue weighted by molar-refractivity contribution is -0.134. The van der Waals surface area contributed by atoms with E-state index in [-0.39, 0.29) is 23.8 Å². The first-order valence-electron chi connectivity index (χ1n) is 10.3. The zero-order valence-electron chi connectivity index (χ0n) is 18.1. The molecule has 33 heavy (non-hydrogen) atoms. The number of rotatable bonds is 7. The van der Waals surface area contributed by atoms with Crippen molar-refractivity contribution in [2.45, 2.75) is 13.3 Å². The summed E-state index contributed by atoms with van der Waals surface area (Å²) in [5, 5.41) is 11.1. The second-order valence-corrected chi connectivity index (χ2v) is 7.01. The van der Waals surface area contributed by atoms with Crippen LogP contribution in [0.15, 0.2) is 77.2 Å². The molecule has 1 N–H and O–H groups in total. The molecule has 0 aliphatic heterocycles. The molecule has 8 heteroatoms. The fourth-order valence-corrected chi connectivity index (χ4v) is 3.06. The van der Waals surface area contributed by atoms with E-state index in [2.05, 4.69) is 15.5 Å². The Bertz CT molecular complexity index is 1280. The van der Waals surface area contributed by atoms with Crippen molar-refractivity contribution in [3.63, 3.8) is 0 Å². The van der Waals surface area contributed by atoms with Crippen molar-refractivity contribution in [2.75, 3.05) is 12.4 Å². The number of amides is 1. The van der Waals surface area contributed by atoms with Crippen molar-refractivity contribution < 1.29 is 23.5 Å². The number of carbonyl (C=O) groups is 2. The van der Waals surface area contributed by atoms with Gasteiger partial charge in [-0.15, -0.1) is 10.2 Å². The van der Waals surface area contributed by atoms with Crippen LogP contribution in [0.25, 0.3) is 22.9 Å². The molecule has 0 aliphatic carbocycles. The number of benzene rings is 3. The number of hydrogen-bond acceptors (Lipinski definition) is 7. The summed E-state index contributed by atoms with van der Waals surface area (Å²) in [6, 6.07) is 21.2. The van der Waals surface area contributed by atoms with Gasteiger partial charge in [-0.3, -0.25) is 9.59 Å². The quantitative estimate of drug-likeness (QED) is 0.317. The Hall–Kier alpha value is -4.46. The van der Waals surface area contributed by atoms with E-state index in [1.165, 1.54) is 19.2 Å². The second-order valence-electron chi connectivity index (χ2n) is 7.01. The maximum absolute atomic E-state index is 12.8. The summed E-state index contributed by atoms with van der Waals surface area (Å²) >= 11 is 0. The van der Waals surface area contributed by atoms with Gasteiger partial charge in [0, 0.05) is 28.8 Å². The SMILES string of the molecule is CCC(=O)Oc1ccc(C(=O)Nc2cccc(-c3nnc(-c4ccccc4)o3)c2)cc1OC. The van der Waals surface area contributed by atoms with Gasteiger partial charge >= 0.3 is 5.97 Å². The monoisotopic (exact) mass is 443 g/mol. The molecule has 1 heterocycles. The van der Waals surface area contributed by atoms with Crippen LogP contribution in [0.3, 0.4) is 0 Å². The van der Waals surface area contributed by atoms with E-state index >= 15 is 0 Å². The molecule has 4 rings (SSSR count). The Morgan fingerprint density at radius 1 is 0.879 bits per heavy atom. The average molecular weight is 443 g/mol. The van der Waals surface area contributed by atoms with Crippen LogP contribution in [0.4, 0.5) is 5.69 Å². The number of hydrogen-bond donors (Lipinski definition) is 1. The molecule has 4 aromatic rings. The van der Waals surface area contributed by atoms with E-state index in [1.807, 2.05) is 36.4 Å². The zero-order chi connectivity index (χ0) is 23.2. The molecular formula is C25H21N3O5. The number of methoxy groups -OCH3 is 1. The van der Waals surface area contributed by atoms with Gasteiger partial charge in [0.2, 0.25) is 11.8 Å². The molecule has 8 nitrogen and oxygen atoms in total. The van der Waals surface area contributed by atoms with E-state index in [0.717, 1.165) is 5.56 Å². The minimum atomic E-state index is -0.390. The van der Waals surface area contributed by atoms with Crippen LogP contribution in [-0.2, 0) is 4.79 Å². The predicted octanol–water partition coefficient (Wildman–Crippen LogP) is 4.98. The van der Waals surface area contributed by atoms with Gasteiger partial charge in [-0.25, -0.2) is 0 Å². The molecule has 0 atom stereocenters. The lowest BCUT2D eigenvalue weighted by Gasteiger charge is -2.11. The zero-order valence-corrected chi connectivity index (χ0v) is 18.1. The van der Waals surface area contributed by atoms with Crippen LogP contribution in [0.5, 0.6) is 11.5 Å². The van der Waals surface area contributed by atoms with Crippen LogP contribution >= 0.6 is 0 Å². The molecule has 166 valence electrons. The number of esters is 1. The van der Waals surface area contributed by atoms with Crippen molar-refractivity contribution in [3.8, 4) is 34.4 Å². The van der Waals surface area contributed by atoms with Crippen molar-refractivity contribution in [2.24, 2.45) is 0 Å². The molecule has 0 radical (unpaired) electrons. The molecule has 0 fully saturated rings. The average Bonchev–Trinajstić information content (AvgIpc) is 3.35. The van der Waals surface area contributed by atoms with Gasteiger partial charge in [0.1, 0.15) is 0 Å². The van der Waals surface area contributed by atoms with Crippen LogP contribution in [0.1, 0.15) is 23.7 Å². The summed E-state index contributed by atoms with van der Waals surface area (Å²) in [5.74, 6) is 0.559. The van der Waals surface area contributed by atoms with Gasteiger partial charge in [0.25, 0.3) is 5.91 Å². The third-order valence-electron chi connectivity index (χ3n) is 4.75. The normalized spacial score (nSPS) is 10.5. The first-order valence-corrected chi connectivity index (χ1v) is 10.3. The highest BCUT2D eigenvalue weighted by molar-refractivity contribution is 6.05. The Morgan fingerprint density at radius 3 is 2.33 bits per heavy atom. The highest BCUT2D eigenvalue weighted by Gasteiger charge is 2.15. The van der Waals surface area contributed by atoms with Crippen LogP contribution in [0, 0.1) is 0 Å². The number of anilines is 1. The van der Waals surface area contributed by atoms with E-state index in [4.69, 9.17) is 13.9 Å². The Labute approximate surface area is 190 Å². The number of aromatic nitrogens is 2. The third kappa shape index (κ3) is 5.07. The maximum atomic E-state index is 12.8. The van der Waals surface area contributed by atoms with E-state index < -0.39 is 5.97 Å². The van der Waals surface area contributed by atoms with Gasteiger partial charge < -0.3 is 19.2 Å². The van der Waals surface area contributed by atoms with Gasteiger partial charge in [0.05, 0.1) is 7.11 Å². The van der Waals surface area contributed by atoms with Crippen LogP contribution in [-0.4, -0.2) is 29.2 Å². The van der Waals surface area contributed by atoms with Gasteiger partial charge in [0.15, 0.2) is 11.5 Å². The Balaban J connectivity index is 1.51. The van der Waals surface area contributed by atoms with Gasteiger partial charge in [-0.05, 0) is 48.5 Å². The molecular weight excluding hydrogens is 422 g/mol. The number of nitrogens with zero attached hydrogens (tertiary/aromatic N) is 2. The summed E-state index contributed by atoms with van der Waals surface area (Å²) in [5.41, 5.74) is 2.39. The van der Waals surface area contributed by atoms with Crippen LogP contribution in [0.2, 0.25) is 0 Å². The molecule has 0 saturated carbocycles. The van der Waals surface area contributed by atoms with E-state index in [1.54, 1.807) is 31.2 Å². The summed E-state index contributed by atoms with van der Waals surface area (Å²) < 4.78 is 16.3. The lowest BCUT2D eigenvalue weighted by Crippen LogP contribution is -2.13. The lowest BCUT2D eigenvalue weighted by atomic mass is 10.1. The molecule has 1 amide bonds. The second kappa shape index (κ2) is 9.78. The van der Waals surface area contributed by atoms with Gasteiger partial charge in [-0.2, -0.15) is 0 Å². The van der Waals surface area contributed by atoms with Crippen LogP contribution < -0.4 is 14.8 Å². The highest BCUT2D eigenvalue weighted by Crippen LogP contribution is 2.29. The molecule has 0 bridgehead atoms. The smallest absolute Gasteiger partial charge is 0.311 e. The summed E-state index contributed by atoms with van der Waals surface area (Å²) in [7, 11) is 1.44. The van der Waals surface area contributed by atoms with E-state index in [0.29, 0.717) is 28.6 Å². The number of ether oxygens (including phenoxy) is 2. The molecule has 0 unspecified atom stereocenters. The Kier molecular flexibility index (Phi) is 6.45. The Morgan fingerprint density at radius 2 is 1.61 bits per heavy atom. The molecule has 3 aromatic carbocycles. The molecule has 1 aromatic heterocycles. The first-order chi connectivity index (χ1) is 16.1. The minimum Gasteiger partial charge on any atom is -0.493 e. The van der Waals surface area contributed by atoms with E-state index in [9.17, 15) is 9.59 Å².